The fourth-order valence-corrected chi connectivity index (χ4v) is 4.69. The standard InChI is InChI=1S/C22H22FNO4S/c1-16-6-4-5-7-22(16)29(25,26)24(15-17-8-10-18(23)11-9-17)19-12-13-20(27-2)21(14-19)28-3/h4-14H,15H2,1-3H3. The summed E-state index contributed by atoms with van der Waals surface area (Å²) in [7, 11) is -0.895. The smallest absolute Gasteiger partial charge is 0.264 e. The topological polar surface area (TPSA) is 55.8 Å². The van der Waals surface area contributed by atoms with Crippen molar-refractivity contribution in [2.24, 2.45) is 0 Å². The lowest BCUT2D eigenvalue weighted by molar-refractivity contribution is 0.355. The molecule has 3 rings (SSSR count). The van der Waals surface area contributed by atoms with Crippen LogP contribution < -0.4 is 13.8 Å². The van der Waals surface area contributed by atoms with E-state index in [0.717, 1.165) is 0 Å². The molecule has 3 aromatic rings. The molecule has 0 aromatic heterocycles. The van der Waals surface area contributed by atoms with Gasteiger partial charge in [-0.2, -0.15) is 0 Å². The zero-order chi connectivity index (χ0) is 21.0. The van der Waals surface area contributed by atoms with E-state index in [1.165, 1.54) is 30.7 Å². The summed E-state index contributed by atoms with van der Waals surface area (Å²) in [6.45, 7) is 1.78. The van der Waals surface area contributed by atoms with Gasteiger partial charge in [0.15, 0.2) is 11.5 Å². The van der Waals surface area contributed by atoms with Gasteiger partial charge >= 0.3 is 0 Å². The van der Waals surface area contributed by atoms with Gasteiger partial charge in [0.1, 0.15) is 5.82 Å². The second-order valence-corrected chi connectivity index (χ2v) is 8.27. The maximum Gasteiger partial charge on any atom is 0.264 e. The lowest BCUT2D eigenvalue weighted by Crippen LogP contribution is -2.31. The van der Waals surface area contributed by atoms with Crippen molar-refractivity contribution in [3.05, 3.63) is 83.7 Å². The van der Waals surface area contributed by atoms with E-state index in [2.05, 4.69) is 0 Å². The van der Waals surface area contributed by atoms with Crippen LogP contribution in [0.2, 0.25) is 0 Å². The maximum absolute atomic E-state index is 13.6. The molecule has 0 unspecified atom stereocenters. The third kappa shape index (κ3) is 4.35. The van der Waals surface area contributed by atoms with Crippen molar-refractivity contribution in [2.45, 2.75) is 18.4 Å². The molecule has 0 heterocycles. The van der Waals surface area contributed by atoms with Gasteiger partial charge in [0, 0.05) is 6.07 Å². The highest BCUT2D eigenvalue weighted by Gasteiger charge is 2.27. The molecule has 0 aliphatic carbocycles. The number of benzene rings is 3. The van der Waals surface area contributed by atoms with Crippen molar-refractivity contribution in [2.75, 3.05) is 18.5 Å². The number of hydrogen-bond donors (Lipinski definition) is 0. The van der Waals surface area contributed by atoms with Crippen LogP contribution >= 0.6 is 0 Å². The Hall–Kier alpha value is -3.06. The molecule has 0 spiro atoms. The Bertz CT molecular complexity index is 1100. The fourth-order valence-electron chi connectivity index (χ4n) is 3.02. The molecule has 0 amide bonds. The van der Waals surface area contributed by atoms with Gasteiger partial charge in [0.05, 0.1) is 31.3 Å². The van der Waals surface area contributed by atoms with Crippen molar-refractivity contribution >= 4 is 15.7 Å². The van der Waals surface area contributed by atoms with Crippen LogP contribution in [0.5, 0.6) is 11.5 Å². The van der Waals surface area contributed by atoms with Gasteiger partial charge in [-0.1, -0.05) is 30.3 Å². The number of sulfonamides is 1. The van der Waals surface area contributed by atoms with E-state index in [9.17, 15) is 12.8 Å². The van der Waals surface area contributed by atoms with Gasteiger partial charge in [-0.05, 0) is 48.4 Å². The summed E-state index contributed by atoms with van der Waals surface area (Å²) in [6.07, 6.45) is 0. The first-order valence-electron chi connectivity index (χ1n) is 8.91. The van der Waals surface area contributed by atoms with E-state index >= 15 is 0 Å². The highest BCUT2D eigenvalue weighted by atomic mass is 32.2. The van der Waals surface area contributed by atoms with Crippen LogP contribution in [0.15, 0.2) is 71.6 Å². The van der Waals surface area contributed by atoms with Crippen LogP contribution in [0.4, 0.5) is 10.1 Å². The molecule has 0 aliphatic heterocycles. The predicted molar refractivity (Wildman–Crippen MR) is 110 cm³/mol. The molecule has 0 saturated heterocycles. The SMILES string of the molecule is COc1ccc(N(Cc2ccc(F)cc2)S(=O)(=O)c2ccccc2C)cc1OC. The van der Waals surface area contributed by atoms with E-state index in [1.54, 1.807) is 61.5 Å². The summed E-state index contributed by atoms with van der Waals surface area (Å²) in [5.74, 6) is 0.522. The maximum atomic E-state index is 13.6. The van der Waals surface area contributed by atoms with E-state index in [0.29, 0.717) is 28.3 Å². The molecule has 0 bridgehead atoms. The molecule has 7 heteroatoms. The van der Waals surface area contributed by atoms with Crippen molar-refractivity contribution in [1.29, 1.82) is 0 Å². The lowest BCUT2D eigenvalue weighted by atomic mass is 10.2. The molecule has 152 valence electrons. The summed E-state index contributed by atoms with van der Waals surface area (Å²) >= 11 is 0. The van der Waals surface area contributed by atoms with Crippen molar-refractivity contribution in [3.63, 3.8) is 0 Å². The largest absolute Gasteiger partial charge is 0.493 e. The Morgan fingerprint density at radius 3 is 2.17 bits per heavy atom. The fraction of sp³-hybridized carbons (Fsp3) is 0.182. The Labute approximate surface area is 170 Å². The van der Waals surface area contributed by atoms with Gasteiger partial charge < -0.3 is 9.47 Å². The summed E-state index contributed by atoms with van der Waals surface area (Å²) in [4.78, 5) is 0.205. The Morgan fingerprint density at radius 1 is 0.897 bits per heavy atom. The second kappa shape index (κ2) is 8.53. The van der Waals surface area contributed by atoms with Crippen LogP contribution in [0.3, 0.4) is 0 Å². The van der Waals surface area contributed by atoms with Crippen molar-refractivity contribution in [1.82, 2.24) is 0 Å². The summed E-state index contributed by atoms with van der Waals surface area (Å²) in [5.41, 5.74) is 1.70. The normalized spacial score (nSPS) is 11.2. The molecule has 0 fully saturated rings. The number of nitrogens with zero attached hydrogens (tertiary/aromatic N) is 1. The third-order valence-corrected chi connectivity index (χ3v) is 6.49. The summed E-state index contributed by atoms with van der Waals surface area (Å²) in [6, 6.07) is 17.5. The average molecular weight is 415 g/mol. The Morgan fingerprint density at radius 2 is 1.55 bits per heavy atom. The van der Waals surface area contributed by atoms with E-state index < -0.39 is 10.0 Å². The quantitative estimate of drug-likeness (QED) is 0.568. The molecule has 0 radical (unpaired) electrons. The van der Waals surface area contributed by atoms with Gasteiger partial charge in [-0.15, -0.1) is 0 Å². The number of rotatable bonds is 7. The first kappa shape index (κ1) is 20.7. The van der Waals surface area contributed by atoms with E-state index in [-0.39, 0.29) is 17.3 Å². The molecule has 29 heavy (non-hydrogen) atoms. The summed E-state index contributed by atoms with van der Waals surface area (Å²) < 4.78 is 52.3. The van der Waals surface area contributed by atoms with Gasteiger partial charge in [0.2, 0.25) is 0 Å². The molecule has 5 nitrogen and oxygen atoms in total. The second-order valence-electron chi connectivity index (χ2n) is 6.44. The zero-order valence-electron chi connectivity index (χ0n) is 16.4. The van der Waals surface area contributed by atoms with Crippen LogP contribution in [0.1, 0.15) is 11.1 Å². The van der Waals surface area contributed by atoms with Gasteiger partial charge in [-0.3, -0.25) is 4.31 Å². The molecule has 0 aliphatic rings. The van der Waals surface area contributed by atoms with Crippen LogP contribution in [0.25, 0.3) is 0 Å². The minimum absolute atomic E-state index is 0.0342. The zero-order valence-corrected chi connectivity index (χ0v) is 17.2. The Balaban J connectivity index is 2.14. The van der Waals surface area contributed by atoms with Gasteiger partial charge in [0.25, 0.3) is 10.0 Å². The number of anilines is 1. The number of aryl methyl sites for hydroxylation is 1. The monoisotopic (exact) mass is 415 g/mol. The minimum atomic E-state index is -3.89. The van der Waals surface area contributed by atoms with Gasteiger partial charge in [-0.25, -0.2) is 12.8 Å². The first-order valence-corrected chi connectivity index (χ1v) is 10.4. The molecule has 0 N–H and O–H groups in total. The van der Waals surface area contributed by atoms with Crippen molar-refractivity contribution in [3.8, 4) is 11.5 Å². The average Bonchev–Trinajstić information content (AvgIpc) is 2.72. The summed E-state index contributed by atoms with van der Waals surface area (Å²) in [5, 5.41) is 0. The van der Waals surface area contributed by atoms with E-state index in [1.807, 2.05) is 0 Å². The van der Waals surface area contributed by atoms with Crippen LogP contribution in [-0.2, 0) is 16.6 Å². The van der Waals surface area contributed by atoms with Crippen LogP contribution in [-0.4, -0.2) is 22.6 Å². The third-order valence-electron chi connectivity index (χ3n) is 4.56. The predicted octanol–water partition coefficient (Wildman–Crippen LogP) is 4.55. The highest BCUT2D eigenvalue weighted by molar-refractivity contribution is 7.92. The number of halogens is 1. The molecule has 3 aromatic carbocycles. The minimum Gasteiger partial charge on any atom is -0.493 e. The van der Waals surface area contributed by atoms with E-state index in [4.69, 9.17) is 9.47 Å². The molecule has 0 atom stereocenters. The van der Waals surface area contributed by atoms with Crippen LogP contribution in [0, 0.1) is 12.7 Å². The van der Waals surface area contributed by atoms with Crippen molar-refractivity contribution < 1.29 is 22.3 Å². The lowest BCUT2D eigenvalue weighted by Gasteiger charge is -2.26. The Kier molecular flexibility index (Phi) is 6.08. The number of hydrogen-bond acceptors (Lipinski definition) is 4. The molecular weight excluding hydrogens is 393 g/mol. The molecular formula is C22H22FNO4S. The molecule has 0 saturated carbocycles. The number of methoxy groups -OCH3 is 2. The highest BCUT2D eigenvalue weighted by Crippen LogP contribution is 2.35. The number of ether oxygens (including phenoxy) is 2. The first-order chi connectivity index (χ1) is 13.9.